The van der Waals surface area contributed by atoms with Gasteiger partial charge in [-0.3, -0.25) is 4.99 Å². The van der Waals surface area contributed by atoms with Crippen molar-refractivity contribution in [2.24, 2.45) is 4.99 Å². The lowest BCUT2D eigenvalue weighted by Gasteiger charge is -2.11. The van der Waals surface area contributed by atoms with E-state index in [0.717, 1.165) is 35.9 Å². The maximum Gasteiger partial charge on any atom is 0.191 e. The molecule has 2 aromatic heterocycles. The van der Waals surface area contributed by atoms with Crippen LogP contribution in [0.3, 0.4) is 0 Å². The molecule has 134 valence electrons. The van der Waals surface area contributed by atoms with Crippen molar-refractivity contribution in [3.63, 3.8) is 0 Å². The molecule has 2 heterocycles. The fourth-order valence-corrected chi connectivity index (χ4v) is 2.73. The van der Waals surface area contributed by atoms with E-state index in [0.29, 0.717) is 6.54 Å². The van der Waals surface area contributed by atoms with E-state index in [1.165, 1.54) is 16.6 Å². The number of halogens is 1. The quantitative estimate of drug-likeness (QED) is 0.315. The Bertz CT molecular complexity index is 800. The summed E-state index contributed by atoms with van der Waals surface area (Å²) in [6.07, 6.45) is 0.903. The number of hydrogen-bond donors (Lipinski definition) is 3. The summed E-state index contributed by atoms with van der Waals surface area (Å²) in [7, 11) is 1.77. The molecule has 1 aromatic carbocycles. The number of aromatic amines is 1. The molecule has 0 amide bonds. The summed E-state index contributed by atoms with van der Waals surface area (Å²) in [6, 6.07) is 10.5. The van der Waals surface area contributed by atoms with Gasteiger partial charge in [-0.15, -0.1) is 24.0 Å². The maximum absolute atomic E-state index is 5.17. The van der Waals surface area contributed by atoms with Crippen LogP contribution in [0.2, 0.25) is 0 Å². The van der Waals surface area contributed by atoms with Gasteiger partial charge in [-0.1, -0.05) is 23.4 Å². The SMILES string of the molecule is CN=C(NCCc1cc2ccccc2[nH]1)NCc1c(C)noc1C.I. The molecule has 7 heteroatoms. The van der Waals surface area contributed by atoms with Crippen molar-refractivity contribution in [2.75, 3.05) is 13.6 Å². The van der Waals surface area contributed by atoms with Crippen molar-refractivity contribution in [1.82, 2.24) is 20.8 Å². The number of benzene rings is 1. The first-order valence-corrected chi connectivity index (χ1v) is 8.10. The van der Waals surface area contributed by atoms with E-state index in [-0.39, 0.29) is 24.0 Å². The fourth-order valence-electron chi connectivity index (χ4n) is 2.73. The first kappa shape index (κ1) is 19.3. The number of fused-ring (bicyclic) bond motifs is 1. The Morgan fingerprint density at radius 3 is 2.72 bits per heavy atom. The Labute approximate surface area is 164 Å². The van der Waals surface area contributed by atoms with Gasteiger partial charge in [0, 0.05) is 43.3 Å². The summed E-state index contributed by atoms with van der Waals surface area (Å²) >= 11 is 0. The number of guanidine groups is 1. The van der Waals surface area contributed by atoms with Crippen LogP contribution in [0.15, 0.2) is 39.8 Å². The largest absolute Gasteiger partial charge is 0.361 e. The Morgan fingerprint density at radius 1 is 1.24 bits per heavy atom. The normalized spacial score (nSPS) is 11.4. The lowest BCUT2D eigenvalue weighted by Crippen LogP contribution is -2.38. The van der Waals surface area contributed by atoms with Crippen LogP contribution in [0.5, 0.6) is 0 Å². The molecular weight excluding hydrogens is 429 g/mol. The molecule has 0 bridgehead atoms. The summed E-state index contributed by atoms with van der Waals surface area (Å²) < 4.78 is 5.17. The minimum atomic E-state index is 0. The van der Waals surface area contributed by atoms with Crippen LogP contribution < -0.4 is 10.6 Å². The van der Waals surface area contributed by atoms with Crippen LogP contribution in [-0.4, -0.2) is 29.7 Å². The van der Waals surface area contributed by atoms with Crippen molar-refractivity contribution < 1.29 is 4.52 Å². The molecule has 0 radical (unpaired) electrons. The topological polar surface area (TPSA) is 78.2 Å². The first-order valence-electron chi connectivity index (χ1n) is 8.10. The zero-order chi connectivity index (χ0) is 16.9. The molecule has 25 heavy (non-hydrogen) atoms. The van der Waals surface area contributed by atoms with E-state index in [9.17, 15) is 0 Å². The highest BCUT2D eigenvalue weighted by atomic mass is 127. The molecule has 6 nitrogen and oxygen atoms in total. The van der Waals surface area contributed by atoms with Gasteiger partial charge in [-0.05, 0) is 31.4 Å². The van der Waals surface area contributed by atoms with Gasteiger partial charge in [0.15, 0.2) is 5.96 Å². The molecule has 0 aliphatic carbocycles. The number of hydrogen-bond acceptors (Lipinski definition) is 3. The third-order valence-electron chi connectivity index (χ3n) is 4.11. The molecule has 0 unspecified atom stereocenters. The number of aromatic nitrogens is 2. The number of nitrogens with zero attached hydrogens (tertiary/aromatic N) is 2. The van der Waals surface area contributed by atoms with Gasteiger partial charge in [0.25, 0.3) is 0 Å². The van der Waals surface area contributed by atoms with Crippen LogP contribution >= 0.6 is 24.0 Å². The molecule has 3 aromatic rings. The Balaban J connectivity index is 0.00000225. The van der Waals surface area contributed by atoms with Gasteiger partial charge in [-0.2, -0.15) is 0 Å². The van der Waals surface area contributed by atoms with Crippen LogP contribution in [-0.2, 0) is 13.0 Å². The number of nitrogens with one attached hydrogen (secondary N) is 3. The first-order chi connectivity index (χ1) is 11.7. The van der Waals surface area contributed by atoms with Crippen molar-refractivity contribution in [3.05, 3.63) is 53.0 Å². The zero-order valence-corrected chi connectivity index (χ0v) is 17.0. The van der Waals surface area contributed by atoms with Crippen LogP contribution in [0.4, 0.5) is 0 Å². The van der Waals surface area contributed by atoms with E-state index in [1.807, 2.05) is 19.9 Å². The predicted octanol–water partition coefficient (Wildman–Crippen LogP) is 3.30. The Hall–Kier alpha value is -2.03. The van der Waals surface area contributed by atoms with Crippen LogP contribution in [0, 0.1) is 13.8 Å². The summed E-state index contributed by atoms with van der Waals surface area (Å²) in [5, 5.41) is 11.8. The van der Waals surface area contributed by atoms with E-state index in [2.05, 4.69) is 50.0 Å². The lowest BCUT2D eigenvalue weighted by atomic mass is 10.2. The van der Waals surface area contributed by atoms with Gasteiger partial charge < -0.3 is 20.1 Å². The number of aryl methyl sites for hydroxylation is 2. The van der Waals surface area contributed by atoms with E-state index < -0.39 is 0 Å². The zero-order valence-electron chi connectivity index (χ0n) is 14.7. The van der Waals surface area contributed by atoms with Gasteiger partial charge in [0.2, 0.25) is 0 Å². The number of para-hydroxylation sites is 1. The van der Waals surface area contributed by atoms with Crippen molar-refractivity contribution in [3.8, 4) is 0 Å². The summed E-state index contributed by atoms with van der Waals surface area (Å²) in [4.78, 5) is 7.69. The molecule has 0 saturated carbocycles. The third kappa shape index (κ3) is 4.75. The molecular formula is C18H24IN5O. The molecule has 3 rings (SSSR count). The number of H-pyrrole nitrogens is 1. The second kappa shape index (κ2) is 8.89. The highest BCUT2D eigenvalue weighted by molar-refractivity contribution is 14.0. The molecule has 0 aliphatic rings. The highest BCUT2D eigenvalue weighted by Crippen LogP contribution is 2.14. The summed E-state index contributed by atoms with van der Waals surface area (Å²) in [6.45, 7) is 5.31. The minimum Gasteiger partial charge on any atom is -0.361 e. The molecule has 3 N–H and O–H groups in total. The van der Waals surface area contributed by atoms with Crippen LogP contribution in [0.25, 0.3) is 10.9 Å². The number of rotatable bonds is 5. The number of aliphatic imine (C=N–C) groups is 1. The predicted molar refractivity (Wildman–Crippen MR) is 112 cm³/mol. The van der Waals surface area contributed by atoms with Crippen molar-refractivity contribution in [1.29, 1.82) is 0 Å². The average molecular weight is 453 g/mol. The smallest absolute Gasteiger partial charge is 0.191 e. The minimum absolute atomic E-state index is 0. The Morgan fingerprint density at radius 2 is 2.04 bits per heavy atom. The molecule has 0 aliphatic heterocycles. The van der Waals surface area contributed by atoms with Gasteiger partial charge in [0.1, 0.15) is 5.76 Å². The Kier molecular flexibility index (Phi) is 6.86. The van der Waals surface area contributed by atoms with E-state index in [1.54, 1.807) is 7.05 Å². The average Bonchev–Trinajstić information content (AvgIpc) is 3.14. The third-order valence-corrected chi connectivity index (χ3v) is 4.11. The van der Waals surface area contributed by atoms with Crippen molar-refractivity contribution >= 4 is 40.8 Å². The van der Waals surface area contributed by atoms with E-state index >= 15 is 0 Å². The van der Waals surface area contributed by atoms with Gasteiger partial charge in [-0.25, -0.2) is 0 Å². The summed E-state index contributed by atoms with van der Waals surface area (Å²) in [5.41, 5.74) is 4.38. The van der Waals surface area contributed by atoms with Crippen molar-refractivity contribution in [2.45, 2.75) is 26.8 Å². The standard InChI is InChI=1S/C18H23N5O.HI/c1-12-16(13(2)24-23-12)11-21-18(19-3)20-9-8-15-10-14-6-4-5-7-17(14)22-15;/h4-7,10,22H,8-9,11H2,1-3H3,(H2,19,20,21);1H. The lowest BCUT2D eigenvalue weighted by molar-refractivity contribution is 0.392. The molecule has 0 atom stereocenters. The van der Waals surface area contributed by atoms with Gasteiger partial charge >= 0.3 is 0 Å². The van der Waals surface area contributed by atoms with Gasteiger partial charge in [0.05, 0.1) is 5.69 Å². The summed E-state index contributed by atoms with van der Waals surface area (Å²) in [5.74, 6) is 1.61. The fraction of sp³-hybridized carbons (Fsp3) is 0.333. The molecule has 0 saturated heterocycles. The van der Waals surface area contributed by atoms with E-state index in [4.69, 9.17) is 4.52 Å². The molecule has 0 fully saturated rings. The second-order valence-corrected chi connectivity index (χ2v) is 5.79. The maximum atomic E-state index is 5.17. The second-order valence-electron chi connectivity index (χ2n) is 5.79. The molecule has 0 spiro atoms. The highest BCUT2D eigenvalue weighted by Gasteiger charge is 2.09. The monoisotopic (exact) mass is 453 g/mol. The van der Waals surface area contributed by atoms with Crippen LogP contribution in [0.1, 0.15) is 22.7 Å².